The van der Waals surface area contributed by atoms with E-state index in [1.807, 2.05) is 11.3 Å². The molecule has 3 aromatic heterocycles. The van der Waals surface area contributed by atoms with Crippen LogP contribution < -0.4 is 0 Å². The summed E-state index contributed by atoms with van der Waals surface area (Å²) in [5.41, 5.74) is 15.7. The maximum absolute atomic E-state index is 2.56. The van der Waals surface area contributed by atoms with Gasteiger partial charge in [0.15, 0.2) is 0 Å². The monoisotopic (exact) mass is 803 g/mol. The van der Waals surface area contributed by atoms with Gasteiger partial charge >= 0.3 is 0 Å². The molecule has 62 heavy (non-hydrogen) atoms. The van der Waals surface area contributed by atoms with E-state index in [-0.39, 0.29) is 0 Å². The number of hydrogen-bond donors (Lipinski definition) is 0. The van der Waals surface area contributed by atoms with Gasteiger partial charge in [-0.3, -0.25) is 0 Å². The highest BCUT2D eigenvalue weighted by molar-refractivity contribution is 7.26. The van der Waals surface area contributed by atoms with Gasteiger partial charge in [-0.1, -0.05) is 176 Å². The zero-order chi connectivity index (χ0) is 40.7. The molecule has 0 aliphatic carbocycles. The lowest BCUT2D eigenvalue weighted by Crippen LogP contribution is -1.88. The Morgan fingerprint density at radius 3 is 1.27 bits per heavy atom. The SMILES string of the molecule is c1ccc(-c2ccc(-c3cc(-c4ccc(-c5ccccc5)cc4)cc(-c4ccc5c(c4)c4cccc6c7ccccc7c7cccc8sc9cccc(c9c87)n5c64)c3)cc2)cc1. The quantitative estimate of drug-likeness (QED) is 0.163. The molecule has 10 aromatic carbocycles. The first-order valence-corrected chi connectivity index (χ1v) is 22.1. The summed E-state index contributed by atoms with van der Waals surface area (Å²) in [6.45, 7) is 0. The van der Waals surface area contributed by atoms with E-state index in [4.69, 9.17) is 0 Å². The Hall–Kier alpha value is -7.78. The van der Waals surface area contributed by atoms with Crippen LogP contribution in [0.4, 0.5) is 0 Å². The Balaban J connectivity index is 1.06. The summed E-state index contributed by atoms with van der Waals surface area (Å²) >= 11 is 1.89. The van der Waals surface area contributed by atoms with E-state index in [9.17, 15) is 0 Å². The van der Waals surface area contributed by atoms with Gasteiger partial charge in [0.2, 0.25) is 0 Å². The maximum atomic E-state index is 2.56. The second kappa shape index (κ2) is 13.9. The summed E-state index contributed by atoms with van der Waals surface area (Å²) in [5, 5.41) is 10.3. The Morgan fingerprint density at radius 1 is 0.242 bits per heavy atom. The van der Waals surface area contributed by atoms with Crippen molar-refractivity contribution in [1.29, 1.82) is 0 Å². The third-order valence-corrected chi connectivity index (χ3v) is 14.1. The number of thiophene rings is 1. The standard InChI is InChI=1S/C60H37NS/c1-3-12-38(13-4-1)40-24-28-42(29-25-40)45-34-46(43-30-26-41(27-31-43)39-14-5-2-6-15-39)36-47(35-45)44-32-33-54-53(37-44)52-20-9-19-51-49-17-8-7-16-48(49)50-18-10-22-56-58(50)59-55(61(54)60(51)52)21-11-23-57(59)62-56/h1-37H. The molecule has 0 aliphatic heterocycles. The van der Waals surface area contributed by atoms with Crippen LogP contribution in [0.25, 0.3) is 125 Å². The molecular formula is C60H37NS. The summed E-state index contributed by atoms with van der Waals surface area (Å²) < 4.78 is 5.19. The van der Waals surface area contributed by atoms with E-state index in [1.165, 1.54) is 125 Å². The molecule has 3 heterocycles. The van der Waals surface area contributed by atoms with Crippen molar-refractivity contribution in [3.05, 3.63) is 224 Å². The average Bonchev–Trinajstić information content (AvgIpc) is 3.91. The number of para-hydroxylation sites is 1. The molecule has 0 atom stereocenters. The molecule has 0 saturated heterocycles. The van der Waals surface area contributed by atoms with Gasteiger partial charge in [0.05, 0.1) is 16.6 Å². The molecule has 288 valence electrons. The Bertz CT molecular complexity index is 3770. The van der Waals surface area contributed by atoms with E-state index in [2.05, 4.69) is 229 Å². The first kappa shape index (κ1) is 35.0. The normalized spacial score (nSPS) is 11.9. The van der Waals surface area contributed by atoms with Crippen LogP contribution in [-0.4, -0.2) is 4.40 Å². The largest absolute Gasteiger partial charge is 0.308 e. The Morgan fingerprint density at radius 2 is 0.661 bits per heavy atom. The second-order valence-electron chi connectivity index (χ2n) is 16.4. The van der Waals surface area contributed by atoms with Crippen molar-refractivity contribution in [2.24, 2.45) is 0 Å². The van der Waals surface area contributed by atoms with Gasteiger partial charge in [-0.15, -0.1) is 11.3 Å². The minimum Gasteiger partial charge on any atom is -0.308 e. The molecule has 0 amide bonds. The number of nitrogens with zero attached hydrogens (tertiary/aromatic N) is 1. The van der Waals surface area contributed by atoms with Crippen LogP contribution in [-0.2, 0) is 0 Å². The minimum atomic E-state index is 1.19. The zero-order valence-electron chi connectivity index (χ0n) is 33.7. The van der Waals surface area contributed by atoms with E-state index in [1.54, 1.807) is 0 Å². The number of rotatable bonds is 5. The van der Waals surface area contributed by atoms with Crippen LogP contribution >= 0.6 is 11.3 Å². The predicted molar refractivity (Wildman–Crippen MR) is 267 cm³/mol. The molecule has 0 fully saturated rings. The number of benzene rings is 10. The van der Waals surface area contributed by atoms with Crippen LogP contribution in [0.1, 0.15) is 0 Å². The number of hydrogen-bond acceptors (Lipinski definition) is 1. The highest BCUT2D eigenvalue weighted by Gasteiger charge is 2.19. The fraction of sp³-hybridized carbons (Fsp3) is 0. The summed E-state index contributed by atoms with van der Waals surface area (Å²) in [5.74, 6) is 0. The summed E-state index contributed by atoms with van der Waals surface area (Å²) in [7, 11) is 0. The zero-order valence-corrected chi connectivity index (χ0v) is 34.5. The van der Waals surface area contributed by atoms with Gasteiger partial charge in [-0.2, -0.15) is 0 Å². The van der Waals surface area contributed by atoms with Crippen LogP contribution in [0.2, 0.25) is 0 Å². The molecule has 1 nitrogen and oxygen atoms in total. The van der Waals surface area contributed by atoms with Gasteiger partial charge in [0, 0.05) is 36.3 Å². The molecule has 0 N–H and O–H groups in total. The van der Waals surface area contributed by atoms with E-state index in [0.717, 1.165) is 0 Å². The van der Waals surface area contributed by atoms with Gasteiger partial charge < -0.3 is 4.40 Å². The lowest BCUT2D eigenvalue weighted by Gasteiger charge is -2.13. The highest BCUT2D eigenvalue weighted by Crippen LogP contribution is 2.45. The highest BCUT2D eigenvalue weighted by atomic mass is 32.1. The van der Waals surface area contributed by atoms with Gasteiger partial charge in [-0.25, -0.2) is 0 Å². The van der Waals surface area contributed by atoms with Gasteiger partial charge in [0.25, 0.3) is 0 Å². The predicted octanol–water partition coefficient (Wildman–Crippen LogP) is 17.3. The van der Waals surface area contributed by atoms with E-state index in [0.29, 0.717) is 0 Å². The topological polar surface area (TPSA) is 4.41 Å². The van der Waals surface area contributed by atoms with Crippen molar-refractivity contribution >= 4 is 80.4 Å². The fourth-order valence-corrected chi connectivity index (χ4v) is 11.2. The maximum Gasteiger partial charge on any atom is 0.0619 e. The first-order valence-electron chi connectivity index (χ1n) is 21.3. The number of aromatic nitrogens is 1. The fourth-order valence-electron chi connectivity index (χ4n) is 10.0. The molecule has 13 rings (SSSR count). The third kappa shape index (κ3) is 5.47. The smallest absolute Gasteiger partial charge is 0.0619 e. The summed E-state index contributed by atoms with van der Waals surface area (Å²) in [6, 6.07) is 83.1. The van der Waals surface area contributed by atoms with Crippen LogP contribution in [0, 0.1) is 0 Å². The molecule has 0 radical (unpaired) electrons. The van der Waals surface area contributed by atoms with Gasteiger partial charge in [0.1, 0.15) is 0 Å². The van der Waals surface area contributed by atoms with Crippen molar-refractivity contribution < 1.29 is 0 Å². The third-order valence-electron chi connectivity index (χ3n) is 13.0. The second-order valence-corrected chi connectivity index (χ2v) is 17.5. The van der Waals surface area contributed by atoms with Crippen LogP contribution in [0.5, 0.6) is 0 Å². The molecule has 2 heteroatoms. The van der Waals surface area contributed by atoms with Crippen molar-refractivity contribution in [3.8, 4) is 55.6 Å². The molecule has 0 bridgehead atoms. The Kier molecular flexibility index (Phi) is 7.85. The summed E-state index contributed by atoms with van der Waals surface area (Å²) in [4.78, 5) is 0. The van der Waals surface area contributed by atoms with Crippen molar-refractivity contribution in [1.82, 2.24) is 4.40 Å². The molecule has 0 spiro atoms. The van der Waals surface area contributed by atoms with Crippen LogP contribution in [0.15, 0.2) is 224 Å². The van der Waals surface area contributed by atoms with Crippen molar-refractivity contribution in [2.45, 2.75) is 0 Å². The molecule has 0 aliphatic rings. The average molecular weight is 804 g/mol. The lowest BCUT2D eigenvalue weighted by atomic mass is 9.91. The number of fused-ring (bicyclic) bond motifs is 7. The van der Waals surface area contributed by atoms with Crippen LogP contribution in [0.3, 0.4) is 0 Å². The van der Waals surface area contributed by atoms with E-state index < -0.39 is 0 Å². The Labute approximate surface area is 363 Å². The molecule has 0 saturated carbocycles. The molecule has 0 unspecified atom stereocenters. The molecular weight excluding hydrogens is 767 g/mol. The van der Waals surface area contributed by atoms with Gasteiger partial charge in [-0.05, 0) is 120 Å². The first-order chi connectivity index (χ1) is 30.7. The summed E-state index contributed by atoms with van der Waals surface area (Å²) in [6.07, 6.45) is 0. The van der Waals surface area contributed by atoms with Crippen molar-refractivity contribution in [2.75, 3.05) is 0 Å². The lowest BCUT2D eigenvalue weighted by molar-refractivity contribution is 1.36. The minimum absolute atomic E-state index is 1.19. The van der Waals surface area contributed by atoms with Crippen molar-refractivity contribution in [3.63, 3.8) is 0 Å². The van der Waals surface area contributed by atoms with E-state index >= 15 is 0 Å². The molecule has 13 aromatic rings.